The quantitative estimate of drug-likeness (QED) is 0.340. The molecule has 1 N–H and O–H groups in total. The Bertz CT molecular complexity index is 1130. The van der Waals surface area contributed by atoms with E-state index in [2.05, 4.69) is 21.2 Å². The molecule has 0 aliphatic heterocycles. The van der Waals surface area contributed by atoms with Gasteiger partial charge in [0.2, 0.25) is 0 Å². The first kappa shape index (κ1) is 22.1. The number of carbonyl (C=O) groups excluding carboxylic acids is 1. The predicted octanol–water partition coefficient (Wildman–Crippen LogP) is 5.89. The topological polar surface area (TPSA) is 71.3 Å². The maximum atomic E-state index is 12.5. The van der Waals surface area contributed by atoms with Gasteiger partial charge in [0.05, 0.1) is 7.11 Å². The monoisotopic (exact) mass is 476 g/mol. The Hall–Kier alpha value is -3.56. The number of anilines is 1. The summed E-state index contributed by atoms with van der Waals surface area (Å²) in [5.41, 5.74) is 3.39. The number of nitrogens with one attached hydrogen (secondary N) is 1. The first-order valence-corrected chi connectivity index (χ1v) is 10.3. The van der Waals surface area contributed by atoms with Crippen LogP contribution >= 0.6 is 15.9 Å². The summed E-state index contributed by atoms with van der Waals surface area (Å²) in [6.07, 6.45) is 1.52. The van der Waals surface area contributed by atoms with Crippen LogP contribution in [-0.2, 0) is 11.4 Å². The Morgan fingerprint density at radius 2 is 1.77 bits per heavy atom. The summed E-state index contributed by atoms with van der Waals surface area (Å²) in [5, 5.41) is 12.2. The first-order valence-electron chi connectivity index (χ1n) is 9.53. The number of rotatable bonds is 7. The average Bonchev–Trinajstić information content (AvgIpc) is 2.78. The van der Waals surface area contributed by atoms with Crippen LogP contribution in [0.15, 0.2) is 76.8 Å². The Kier molecular flexibility index (Phi) is 7.47. The summed E-state index contributed by atoms with van der Waals surface area (Å²) in [4.78, 5) is 12.5. The number of ether oxygens (including phenoxy) is 2. The molecule has 0 spiro atoms. The molecule has 0 aliphatic rings. The van der Waals surface area contributed by atoms with Crippen molar-refractivity contribution in [3.05, 3.63) is 93.5 Å². The molecule has 0 heterocycles. The summed E-state index contributed by atoms with van der Waals surface area (Å²) in [5.74, 6) is 0.619. The number of nitriles is 1. The molecule has 3 rings (SSSR count). The normalized spacial score (nSPS) is 10.8. The number of aryl methyl sites for hydroxylation is 1. The lowest BCUT2D eigenvalue weighted by Gasteiger charge is -2.12. The number of amides is 1. The van der Waals surface area contributed by atoms with Gasteiger partial charge in [0.25, 0.3) is 5.91 Å². The maximum absolute atomic E-state index is 12.5. The summed E-state index contributed by atoms with van der Waals surface area (Å²) < 4.78 is 12.3. The number of hydrogen-bond acceptors (Lipinski definition) is 4. The molecule has 3 aromatic carbocycles. The molecule has 0 saturated carbocycles. The van der Waals surface area contributed by atoms with Crippen molar-refractivity contribution in [1.29, 1.82) is 5.26 Å². The van der Waals surface area contributed by atoms with Crippen LogP contribution in [0.25, 0.3) is 6.08 Å². The Balaban J connectivity index is 1.74. The summed E-state index contributed by atoms with van der Waals surface area (Å²) in [6, 6.07) is 22.4. The van der Waals surface area contributed by atoms with Crippen molar-refractivity contribution in [2.75, 3.05) is 12.4 Å². The zero-order valence-electron chi connectivity index (χ0n) is 17.2. The van der Waals surface area contributed by atoms with Crippen molar-refractivity contribution in [2.24, 2.45) is 0 Å². The highest BCUT2D eigenvalue weighted by molar-refractivity contribution is 9.10. The highest BCUT2D eigenvalue weighted by Gasteiger charge is 2.11. The van der Waals surface area contributed by atoms with Gasteiger partial charge in [0.1, 0.15) is 18.2 Å². The minimum absolute atomic E-state index is 0.00819. The fourth-order valence-electron chi connectivity index (χ4n) is 2.79. The van der Waals surface area contributed by atoms with Gasteiger partial charge in [-0.15, -0.1) is 0 Å². The smallest absolute Gasteiger partial charge is 0.266 e. The molecule has 0 radical (unpaired) electrons. The van der Waals surface area contributed by atoms with E-state index in [1.807, 2.05) is 49.4 Å². The SMILES string of the molecule is COc1cc(/C=C(\C#N)C(=O)Nc2ccc(C)cc2)ccc1OCc1ccc(Br)cc1. The van der Waals surface area contributed by atoms with Crippen LogP contribution in [0.4, 0.5) is 5.69 Å². The molecule has 31 heavy (non-hydrogen) atoms. The molecule has 1 amide bonds. The van der Waals surface area contributed by atoms with Crippen molar-refractivity contribution < 1.29 is 14.3 Å². The van der Waals surface area contributed by atoms with E-state index in [0.717, 1.165) is 15.6 Å². The fraction of sp³-hybridized carbons (Fsp3) is 0.120. The highest BCUT2D eigenvalue weighted by Crippen LogP contribution is 2.30. The number of nitrogens with zero attached hydrogens (tertiary/aromatic N) is 1. The molecule has 3 aromatic rings. The molecule has 0 saturated heterocycles. The third-order valence-electron chi connectivity index (χ3n) is 4.48. The van der Waals surface area contributed by atoms with Gasteiger partial charge in [0, 0.05) is 10.2 Å². The largest absolute Gasteiger partial charge is 0.493 e. The van der Waals surface area contributed by atoms with Gasteiger partial charge >= 0.3 is 0 Å². The van der Waals surface area contributed by atoms with Crippen molar-refractivity contribution in [3.63, 3.8) is 0 Å². The van der Waals surface area contributed by atoms with Crippen LogP contribution < -0.4 is 14.8 Å². The van der Waals surface area contributed by atoms with E-state index >= 15 is 0 Å². The molecule has 5 nitrogen and oxygen atoms in total. The lowest BCUT2D eigenvalue weighted by Crippen LogP contribution is -2.13. The average molecular weight is 477 g/mol. The number of hydrogen-bond donors (Lipinski definition) is 1. The lowest BCUT2D eigenvalue weighted by molar-refractivity contribution is -0.112. The minimum Gasteiger partial charge on any atom is -0.493 e. The number of benzene rings is 3. The van der Waals surface area contributed by atoms with Crippen molar-refractivity contribution in [3.8, 4) is 17.6 Å². The van der Waals surface area contributed by atoms with Crippen LogP contribution in [0.2, 0.25) is 0 Å². The van der Waals surface area contributed by atoms with Crippen molar-refractivity contribution in [1.82, 2.24) is 0 Å². The Morgan fingerprint density at radius 3 is 2.42 bits per heavy atom. The summed E-state index contributed by atoms with van der Waals surface area (Å²) in [6.45, 7) is 2.35. The van der Waals surface area contributed by atoms with Gasteiger partial charge in [-0.1, -0.05) is 51.8 Å². The number of carbonyl (C=O) groups is 1. The number of methoxy groups -OCH3 is 1. The minimum atomic E-state index is -0.471. The summed E-state index contributed by atoms with van der Waals surface area (Å²) in [7, 11) is 1.55. The second-order valence-electron chi connectivity index (χ2n) is 6.82. The van der Waals surface area contributed by atoms with Crippen LogP contribution in [0.3, 0.4) is 0 Å². The van der Waals surface area contributed by atoms with E-state index < -0.39 is 5.91 Å². The van der Waals surface area contributed by atoms with Gasteiger partial charge in [-0.05, 0) is 60.5 Å². The molecule has 0 atom stereocenters. The van der Waals surface area contributed by atoms with E-state index in [-0.39, 0.29) is 5.57 Å². The van der Waals surface area contributed by atoms with Crippen LogP contribution in [0, 0.1) is 18.3 Å². The van der Waals surface area contributed by atoms with Gasteiger partial charge in [-0.2, -0.15) is 5.26 Å². The third kappa shape index (κ3) is 6.21. The second-order valence-corrected chi connectivity index (χ2v) is 7.73. The van der Waals surface area contributed by atoms with E-state index in [0.29, 0.717) is 29.4 Å². The van der Waals surface area contributed by atoms with E-state index in [1.165, 1.54) is 6.08 Å². The zero-order valence-corrected chi connectivity index (χ0v) is 18.8. The van der Waals surface area contributed by atoms with E-state index in [1.54, 1.807) is 37.4 Å². The van der Waals surface area contributed by atoms with Crippen LogP contribution in [0.1, 0.15) is 16.7 Å². The zero-order chi connectivity index (χ0) is 22.2. The molecule has 156 valence electrons. The summed E-state index contributed by atoms with van der Waals surface area (Å²) >= 11 is 3.41. The standard InChI is InChI=1S/C25H21BrN2O3/c1-17-3-10-22(11-4-17)28-25(29)20(15-27)13-19-7-12-23(24(14-19)30-2)31-16-18-5-8-21(26)9-6-18/h3-14H,16H2,1-2H3,(H,28,29)/b20-13+. The Morgan fingerprint density at radius 1 is 1.06 bits per heavy atom. The van der Waals surface area contributed by atoms with Crippen LogP contribution in [-0.4, -0.2) is 13.0 Å². The van der Waals surface area contributed by atoms with E-state index in [9.17, 15) is 10.1 Å². The van der Waals surface area contributed by atoms with Gasteiger partial charge in [-0.3, -0.25) is 4.79 Å². The predicted molar refractivity (Wildman–Crippen MR) is 125 cm³/mol. The van der Waals surface area contributed by atoms with E-state index in [4.69, 9.17) is 9.47 Å². The van der Waals surface area contributed by atoms with Gasteiger partial charge in [0.15, 0.2) is 11.5 Å². The molecule has 0 bridgehead atoms. The molecule has 0 aliphatic carbocycles. The van der Waals surface area contributed by atoms with Crippen molar-refractivity contribution in [2.45, 2.75) is 13.5 Å². The molecule has 0 aromatic heterocycles. The van der Waals surface area contributed by atoms with Crippen molar-refractivity contribution >= 4 is 33.6 Å². The highest BCUT2D eigenvalue weighted by atomic mass is 79.9. The van der Waals surface area contributed by atoms with Crippen LogP contribution in [0.5, 0.6) is 11.5 Å². The molecule has 6 heteroatoms. The molecule has 0 unspecified atom stereocenters. The van der Waals surface area contributed by atoms with Gasteiger partial charge in [-0.25, -0.2) is 0 Å². The van der Waals surface area contributed by atoms with Gasteiger partial charge < -0.3 is 14.8 Å². The molecule has 0 fully saturated rings. The molecular weight excluding hydrogens is 456 g/mol. The second kappa shape index (κ2) is 10.5. The Labute approximate surface area is 190 Å². The first-order chi connectivity index (χ1) is 15.0. The fourth-order valence-corrected chi connectivity index (χ4v) is 3.05. The maximum Gasteiger partial charge on any atom is 0.266 e. The molecular formula is C25H21BrN2O3. The lowest BCUT2D eigenvalue weighted by atomic mass is 10.1. The third-order valence-corrected chi connectivity index (χ3v) is 5.01. The number of halogens is 1.